The summed E-state index contributed by atoms with van der Waals surface area (Å²) in [7, 11) is 0. The van der Waals surface area contributed by atoms with Gasteiger partial charge in [0.1, 0.15) is 18.2 Å². The first kappa shape index (κ1) is 19.8. The Hall–Kier alpha value is -2.99. The van der Waals surface area contributed by atoms with Crippen LogP contribution in [-0.4, -0.2) is 15.5 Å². The van der Waals surface area contributed by atoms with E-state index in [0.29, 0.717) is 35.1 Å². The van der Waals surface area contributed by atoms with E-state index in [1.54, 1.807) is 24.3 Å². The molecular formula is C21H19ClFN3O2. The highest BCUT2D eigenvalue weighted by atomic mass is 35.5. The molecule has 3 aromatic rings. The highest BCUT2D eigenvalue weighted by Crippen LogP contribution is 2.17. The first-order valence-electron chi connectivity index (χ1n) is 8.84. The van der Waals surface area contributed by atoms with Gasteiger partial charge in [-0.3, -0.25) is 14.2 Å². The minimum atomic E-state index is -0.384. The summed E-state index contributed by atoms with van der Waals surface area (Å²) < 4.78 is 14.6. The fourth-order valence-corrected chi connectivity index (χ4v) is 2.84. The van der Waals surface area contributed by atoms with E-state index in [1.165, 1.54) is 22.8 Å². The molecule has 2 aromatic carbocycles. The van der Waals surface area contributed by atoms with Crippen LogP contribution in [0.4, 0.5) is 4.39 Å². The smallest absolute Gasteiger partial charge is 0.254 e. The molecule has 7 heteroatoms. The Labute approximate surface area is 166 Å². The Bertz CT molecular complexity index is 1030. The highest BCUT2D eigenvalue weighted by Gasteiger charge is 2.14. The van der Waals surface area contributed by atoms with Crippen molar-refractivity contribution in [2.24, 2.45) is 0 Å². The van der Waals surface area contributed by atoms with Crippen LogP contribution in [0.25, 0.3) is 11.4 Å². The Morgan fingerprint density at radius 2 is 1.82 bits per heavy atom. The number of aryl methyl sites for hydroxylation is 1. The van der Waals surface area contributed by atoms with Crippen molar-refractivity contribution in [3.63, 3.8) is 0 Å². The number of benzene rings is 2. The lowest BCUT2D eigenvalue weighted by Crippen LogP contribution is -2.33. The average molecular weight is 400 g/mol. The van der Waals surface area contributed by atoms with Gasteiger partial charge in [-0.1, -0.05) is 30.7 Å². The second-order valence-electron chi connectivity index (χ2n) is 6.26. The third-order valence-corrected chi connectivity index (χ3v) is 4.48. The fourth-order valence-electron chi connectivity index (χ4n) is 2.71. The second kappa shape index (κ2) is 8.80. The molecule has 0 atom stereocenters. The SMILES string of the molecule is CCc1cc(=O)n(CC(=O)NCc2ccc(Cl)cc2)c(-c2ccc(F)cc2)n1. The van der Waals surface area contributed by atoms with Gasteiger partial charge >= 0.3 is 0 Å². The van der Waals surface area contributed by atoms with Gasteiger partial charge in [-0.2, -0.15) is 0 Å². The van der Waals surface area contributed by atoms with Crippen molar-refractivity contribution >= 4 is 17.5 Å². The van der Waals surface area contributed by atoms with Crippen LogP contribution >= 0.6 is 11.6 Å². The molecule has 0 unspecified atom stereocenters. The highest BCUT2D eigenvalue weighted by molar-refractivity contribution is 6.30. The first-order chi connectivity index (χ1) is 13.5. The summed E-state index contributed by atoms with van der Waals surface area (Å²) in [5.41, 5.74) is 1.75. The minimum Gasteiger partial charge on any atom is -0.350 e. The predicted molar refractivity (Wildman–Crippen MR) is 107 cm³/mol. The van der Waals surface area contributed by atoms with Gasteiger partial charge in [-0.15, -0.1) is 0 Å². The largest absolute Gasteiger partial charge is 0.350 e. The molecule has 0 fully saturated rings. The first-order valence-corrected chi connectivity index (χ1v) is 9.22. The monoisotopic (exact) mass is 399 g/mol. The zero-order chi connectivity index (χ0) is 20.1. The molecule has 0 aliphatic heterocycles. The van der Waals surface area contributed by atoms with Crippen molar-refractivity contribution in [2.45, 2.75) is 26.4 Å². The molecule has 0 aliphatic rings. The van der Waals surface area contributed by atoms with Gasteiger partial charge in [-0.25, -0.2) is 9.37 Å². The normalized spacial score (nSPS) is 10.7. The third-order valence-electron chi connectivity index (χ3n) is 4.23. The summed E-state index contributed by atoms with van der Waals surface area (Å²) in [4.78, 5) is 29.5. The van der Waals surface area contributed by atoms with E-state index >= 15 is 0 Å². The van der Waals surface area contributed by atoms with Crippen LogP contribution in [0.3, 0.4) is 0 Å². The van der Waals surface area contributed by atoms with E-state index in [4.69, 9.17) is 11.6 Å². The van der Waals surface area contributed by atoms with Gasteiger partial charge in [0, 0.05) is 28.9 Å². The molecule has 1 heterocycles. The van der Waals surface area contributed by atoms with Crippen molar-refractivity contribution in [2.75, 3.05) is 0 Å². The zero-order valence-electron chi connectivity index (χ0n) is 15.3. The Morgan fingerprint density at radius 1 is 1.14 bits per heavy atom. The maximum Gasteiger partial charge on any atom is 0.254 e. The minimum absolute atomic E-state index is 0.184. The summed E-state index contributed by atoms with van der Waals surface area (Å²) >= 11 is 5.85. The topological polar surface area (TPSA) is 64.0 Å². The van der Waals surface area contributed by atoms with Crippen LogP contribution in [0.2, 0.25) is 5.02 Å². The molecule has 0 saturated carbocycles. The molecule has 3 rings (SSSR count). The number of amides is 1. The van der Waals surface area contributed by atoms with Crippen LogP contribution in [0, 0.1) is 5.82 Å². The van der Waals surface area contributed by atoms with Crippen molar-refractivity contribution in [3.05, 3.63) is 87.0 Å². The van der Waals surface area contributed by atoms with Crippen LogP contribution in [0.1, 0.15) is 18.2 Å². The van der Waals surface area contributed by atoms with Gasteiger partial charge in [0.2, 0.25) is 5.91 Å². The van der Waals surface area contributed by atoms with E-state index in [-0.39, 0.29) is 23.8 Å². The summed E-state index contributed by atoms with van der Waals surface area (Å²) in [6.07, 6.45) is 0.576. The van der Waals surface area contributed by atoms with Gasteiger partial charge in [0.25, 0.3) is 5.56 Å². The lowest BCUT2D eigenvalue weighted by atomic mass is 10.2. The molecular weight excluding hydrogens is 381 g/mol. The maximum atomic E-state index is 13.3. The standard InChI is InChI=1S/C21H19ClFN3O2/c1-2-18-11-20(28)26(21(25-18)15-5-9-17(23)10-6-15)13-19(27)24-12-14-3-7-16(22)8-4-14/h3-11H,2,12-13H2,1H3,(H,24,27). The van der Waals surface area contributed by atoms with Crippen LogP contribution < -0.4 is 10.9 Å². The molecule has 5 nitrogen and oxygen atoms in total. The molecule has 0 aliphatic carbocycles. The van der Waals surface area contributed by atoms with Gasteiger partial charge < -0.3 is 5.32 Å². The molecule has 28 heavy (non-hydrogen) atoms. The summed E-state index contributed by atoms with van der Waals surface area (Å²) in [6, 6.07) is 14.2. The number of rotatable bonds is 6. The van der Waals surface area contributed by atoms with Crippen LogP contribution in [-0.2, 0) is 24.3 Å². The fraction of sp³-hybridized carbons (Fsp3) is 0.190. The van der Waals surface area contributed by atoms with E-state index in [0.717, 1.165) is 5.56 Å². The van der Waals surface area contributed by atoms with Crippen LogP contribution in [0.5, 0.6) is 0 Å². The Morgan fingerprint density at radius 3 is 2.46 bits per heavy atom. The summed E-state index contributed by atoms with van der Waals surface area (Å²) in [6.45, 7) is 2.02. The Balaban J connectivity index is 1.83. The van der Waals surface area contributed by atoms with E-state index in [1.807, 2.05) is 19.1 Å². The molecule has 0 radical (unpaired) electrons. The molecule has 0 saturated heterocycles. The number of carbonyl (C=O) groups excluding carboxylic acids is 1. The number of hydrogen-bond acceptors (Lipinski definition) is 3. The zero-order valence-corrected chi connectivity index (χ0v) is 16.0. The third kappa shape index (κ3) is 4.84. The summed E-state index contributed by atoms with van der Waals surface area (Å²) in [5.74, 6) is -0.373. The van der Waals surface area contributed by atoms with Gasteiger partial charge in [-0.05, 0) is 48.4 Å². The number of nitrogens with one attached hydrogen (secondary N) is 1. The molecule has 0 spiro atoms. The van der Waals surface area contributed by atoms with E-state index < -0.39 is 0 Å². The molecule has 1 amide bonds. The predicted octanol–water partition coefficient (Wildman–Crippen LogP) is 3.58. The van der Waals surface area contributed by atoms with Gasteiger partial charge in [0.05, 0.1) is 0 Å². The summed E-state index contributed by atoms with van der Waals surface area (Å²) in [5, 5.41) is 3.40. The number of nitrogens with zero attached hydrogens (tertiary/aromatic N) is 2. The number of carbonyl (C=O) groups is 1. The van der Waals surface area contributed by atoms with Crippen molar-refractivity contribution in [3.8, 4) is 11.4 Å². The number of halogens is 2. The van der Waals surface area contributed by atoms with Crippen molar-refractivity contribution in [1.29, 1.82) is 0 Å². The molecule has 0 bridgehead atoms. The van der Waals surface area contributed by atoms with E-state index in [2.05, 4.69) is 10.3 Å². The van der Waals surface area contributed by atoms with E-state index in [9.17, 15) is 14.0 Å². The second-order valence-corrected chi connectivity index (χ2v) is 6.70. The lowest BCUT2D eigenvalue weighted by molar-refractivity contribution is -0.121. The quantitative estimate of drug-likeness (QED) is 0.689. The Kier molecular flexibility index (Phi) is 6.21. The number of aromatic nitrogens is 2. The molecule has 1 aromatic heterocycles. The lowest BCUT2D eigenvalue weighted by Gasteiger charge is -2.13. The molecule has 144 valence electrons. The van der Waals surface area contributed by atoms with Crippen LogP contribution in [0.15, 0.2) is 59.4 Å². The van der Waals surface area contributed by atoms with Crippen molar-refractivity contribution in [1.82, 2.24) is 14.9 Å². The number of hydrogen-bond donors (Lipinski definition) is 1. The van der Waals surface area contributed by atoms with Gasteiger partial charge in [0.15, 0.2) is 0 Å². The molecule has 1 N–H and O–H groups in total. The van der Waals surface area contributed by atoms with Crippen molar-refractivity contribution < 1.29 is 9.18 Å². The average Bonchev–Trinajstić information content (AvgIpc) is 2.69. The maximum absolute atomic E-state index is 13.3.